The van der Waals surface area contributed by atoms with Crippen molar-refractivity contribution in [2.24, 2.45) is 0 Å². The summed E-state index contributed by atoms with van der Waals surface area (Å²) in [5.74, 6) is -0.612. The SMILES string of the molecule is CCC/C=C/CCC(=O)NS(=O)(=O)c1ccc([N+](=O)[O-])cc1. The molecule has 0 atom stereocenters. The highest BCUT2D eigenvalue weighted by Gasteiger charge is 2.18. The average molecular weight is 326 g/mol. The number of nitrogens with one attached hydrogen (secondary N) is 1. The van der Waals surface area contributed by atoms with Crippen molar-refractivity contribution in [2.75, 3.05) is 0 Å². The number of rotatable bonds is 8. The Labute approximate surface area is 129 Å². The van der Waals surface area contributed by atoms with Crippen LogP contribution in [0.2, 0.25) is 0 Å². The number of allylic oxidation sites excluding steroid dienone is 2. The molecule has 1 rings (SSSR count). The van der Waals surface area contributed by atoms with Gasteiger partial charge in [0, 0.05) is 18.6 Å². The van der Waals surface area contributed by atoms with Crippen molar-refractivity contribution in [3.63, 3.8) is 0 Å². The second kappa shape index (κ2) is 8.28. The Morgan fingerprint density at radius 2 is 1.82 bits per heavy atom. The number of hydrogen-bond donors (Lipinski definition) is 1. The van der Waals surface area contributed by atoms with Gasteiger partial charge in [-0.15, -0.1) is 0 Å². The predicted octanol–water partition coefficient (Wildman–Crippen LogP) is 2.54. The number of carbonyl (C=O) groups excluding carboxylic acids is 1. The first kappa shape index (κ1) is 17.8. The third-order valence-corrected chi connectivity index (χ3v) is 4.16. The normalized spacial score (nSPS) is 11.5. The molecule has 0 fully saturated rings. The smallest absolute Gasteiger partial charge is 0.269 e. The van der Waals surface area contributed by atoms with Gasteiger partial charge in [0.15, 0.2) is 0 Å². The number of nitrogens with zero attached hydrogens (tertiary/aromatic N) is 1. The first-order valence-electron chi connectivity index (χ1n) is 6.82. The molecule has 1 N–H and O–H groups in total. The van der Waals surface area contributed by atoms with Crippen LogP contribution in [-0.2, 0) is 14.8 Å². The maximum Gasteiger partial charge on any atom is 0.269 e. The van der Waals surface area contributed by atoms with Gasteiger partial charge < -0.3 is 0 Å². The third kappa shape index (κ3) is 5.65. The zero-order valence-electron chi connectivity index (χ0n) is 12.2. The lowest BCUT2D eigenvalue weighted by molar-refractivity contribution is -0.384. The summed E-state index contributed by atoms with van der Waals surface area (Å²) in [5.41, 5.74) is -0.216. The van der Waals surface area contributed by atoms with E-state index in [4.69, 9.17) is 0 Å². The van der Waals surface area contributed by atoms with E-state index in [0.29, 0.717) is 6.42 Å². The maximum atomic E-state index is 11.9. The Morgan fingerprint density at radius 3 is 2.36 bits per heavy atom. The van der Waals surface area contributed by atoms with Crippen molar-refractivity contribution in [2.45, 2.75) is 37.5 Å². The van der Waals surface area contributed by atoms with Crippen molar-refractivity contribution >= 4 is 21.6 Å². The van der Waals surface area contributed by atoms with Crippen LogP contribution >= 0.6 is 0 Å². The Balaban J connectivity index is 2.62. The summed E-state index contributed by atoms with van der Waals surface area (Å²) < 4.78 is 25.8. The molecule has 1 aromatic carbocycles. The van der Waals surface area contributed by atoms with Crippen LogP contribution in [-0.4, -0.2) is 19.2 Å². The Hall–Kier alpha value is -2.22. The Bertz CT molecular complexity index is 650. The van der Waals surface area contributed by atoms with E-state index >= 15 is 0 Å². The molecule has 22 heavy (non-hydrogen) atoms. The van der Waals surface area contributed by atoms with Crippen LogP contribution in [0.5, 0.6) is 0 Å². The molecule has 120 valence electrons. The van der Waals surface area contributed by atoms with Crippen LogP contribution in [0.1, 0.15) is 32.6 Å². The zero-order valence-corrected chi connectivity index (χ0v) is 13.0. The second-order valence-corrected chi connectivity index (χ2v) is 6.26. The lowest BCUT2D eigenvalue weighted by Gasteiger charge is -2.06. The fourth-order valence-electron chi connectivity index (χ4n) is 1.62. The number of amides is 1. The molecule has 1 aromatic rings. The number of unbranched alkanes of at least 4 members (excludes halogenated alkanes) is 1. The fourth-order valence-corrected chi connectivity index (χ4v) is 2.64. The van der Waals surface area contributed by atoms with E-state index in [-0.39, 0.29) is 17.0 Å². The first-order valence-corrected chi connectivity index (χ1v) is 8.30. The van der Waals surface area contributed by atoms with Crippen molar-refractivity contribution < 1.29 is 18.1 Å². The van der Waals surface area contributed by atoms with E-state index in [0.717, 1.165) is 37.1 Å². The Kier molecular flexibility index (Phi) is 6.71. The summed E-state index contributed by atoms with van der Waals surface area (Å²) in [6.45, 7) is 2.04. The van der Waals surface area contributed by atoms with Gasteiger partial charge in [0.05, 0.1) is 9.82 Å². The van der Waals surface area contributed by atoms with Crippen LogP contribution < -0.4 is 4.72 Å². The van der Waals surface area contributed by atoms with Crippen molar-refractivity contribution in [1.82, 2.24) is 4.72 Å². The summed E-state index contributed by atoms with van der Waals surface area (Å²) in [6.07, 6.45) is 6.23. The summed E-state index contributed by atoms with van der Waals surface area (Å²) in [7, 11) is -4.00. The minimum atomic E-state index is -4.00. The zero-order chi connectivity index (χ0) is 16.6. The van der Waals surface area contributed by atoms with Crippen LogP contribution in [0, 0.1) is 10.1 Å². The van der Waals surface area contributed by atoms with E-state index in [2.05, 4.69) is 0 Å². The Morgan fingerprint density at radius 1 is 1.23 bits per heavy atom. The minimum absolute atomic E-state index is 0.0619. The molecule has 0 unspecified atom stereocenters. The van der Waals surface area contributed by atoms with E-state index < -0.39 is 20.9 Å². The number of sulfonamides is 1. The number of benzene rings is 1. The highest BCUT2D eigenvalue weighted by Crippen LogP contribution is 2.15. The highest BCUT2D eigenvalue weighted by molar-refractivity contribution is 7.90. The molecule has 1 amide bonds. The van der Waals surface area contributed by atoms with Gasteiger partial charge in [0.1, 0.15) is 0 Å². The number of non-ortho nitro benzene ring substituents is 1. The molecule has 0 aliphatic rings. The first-order chi connectivity index (χ1) is 10.4. The number of nitro benzene ring substituents is 1. The quantitative estimate of drug-likeness (QED) is 0.449. The number of nitro groups is 1. The molecule has 0 aliphatic heterocycles. The van der Waals surface area contributed by atoms with Gasteiger partial charge in [-0.2, -0.15) is 0 Å². The summed E-state index contributed by atoms with van der Waals surface area (Å²) in [6, 6.07) is 4.34. The average Bonchev–Trinajstić information content (AvgIpc) is 2.46. The van der Waals surface area contributed by atoms with Crippen LogP contribution in [0.4, 0.5) is 5.69 Å². The molecular weight excluding hydrogens is 308 g/mol. The molecule has 0 aromatic heterocycles. The van der Waals surface area contributed by atoms with Crippen LogP contribution in [0.25, 0.3) is 0 Å². The summed E-state index contributed by atoms with van der Waals surface area (Å²) in [4.78, 5) is 21.3. The van der Waals surface area contributed by atoms with Gasteiger partial charge in [-0.3, -0.25) is 14.9 Å². The molecule has 0 radical (unpaired) electrons. The topological polar surface area (TPSA) is 106 Å². The molecule has 0 saturated carbocycles. The lowest BCUT2D eigenvalue weighted by Crippen LogP contribution is -2.30. The molecule has 0 saturated heterocycles. The molecule has 7 nitrogen and oxygen atoms in total. The van der Waals surface area contributed by atoms with Gasteiger partial charge in [0.2, 0.25) is 5.91 Å². The molecule has 0 bridgehead atoms. The molecule has 0 heterocycles. The second-order valence-electron chi connectivity index (χ2n) is 4.58. The fraction of sp³-hybridized carbons (Fsp3) is 0.357. The van der Waals surface area contributed by atoms with Gasteiger partial charge in [0.25, 0.3) is 15.7 Å². The van der Waals surface area contributed by atoms with Gasteiger partial charge in [-0.25, -0.2) is 13.1 Å². The van der Waals surface area contributed by atoms with Gasteiger partial charge in [-0.1, -0.05) is 25.5 Å². The van der Waals surface area contributed by atoms with Crippen molar-refractivity contribution in [1.29, 1.82) is 0 Å². The van der Waals surface area contributed by atoms with Gasteiger partial charge in [-0.05, 0) is 25.0 Å². The highest BCUT2D eigenvalue weighted by atomic mass is 32.2. The summed E-state index contributed by atoms with van der Waals surface area (Å²) in [5, 5.41) is 10.5. The molecule has 0 aliphatic carbocycles. The number of carbonyl (C=O) groups is 1. The maximum absolute atomic E-state index is 11.9. The van der Waals surface area contributed by atoms with E-state index in [1.807, 2.05) is 23.8 Å². The van der Waals surface area contributed by atoms with Crippen LogP contribution in [0.3, 0.4) is 0 Å². The lowest BCUT2D eigenvalue weighted by atomic mass is 10.2. The number of hydrogen-bond acceptors (Lipinski definition) is 5. The van der Waals surface area contributed by atoms with Crippen molar-refractivity contribution in [3.8, 4) is 0 Å². The van der Waals surface area contributed by atoms with Crippen molar-refractivity contribution in [3.05, 3.63) is 46.5 Å². The monoisotopic (exact) mass is 326 g/mol. The molecule has 8 heteroatoms. The van der Waals surface area contributed by atoms with E-state index in [1.54, 1.807) is 0 Å². The van der Waals surface area contributed by atoms with E-state index in [1.165, 1.54) is 0 Å². The molecule has 0 spiro atoms. The van der Waals surface area contributed by atoms with Crippen LogP contribution in [0.15, 0.2) is 41.3 Å². The summed E-state index contributed by atoms with van der Waals surface area (Å²) >= 11 is 0. The van der Waals surface area contributed by atoms with Gasteiger partial charge >= 0.3 is 0 Å². The standard InChI is InChI=1S/C14H18N2O5S/c1-2-3-4-5-6-7-14(17)15-22(20,21)13-10-8-12(9-11-13)16(18)19/h4-5,8-11H,2-3,6-7H2,1H3,(H,15,17)/b5-4+. The predicted molar refractivity (Wildman–Crippen MR) is 81.7 cm³/mol. The molecular formula is C14H18N2O5S. The third-order valence-electron chi connectivity index (χ3n) is 2.77. The van der Waals surface area contributed by atoms with E-state index in [9.17, 15) is 23.3 Å². The minimum Gasteiger partial charge on any atom is -0.274 e. The largest absolute Gasteiger partial charge is 0.274 e.